The van der Waals surface area contributed by atoms with Crippen molar-refractivity contribution in [2.24, 2.45) is 0 Å². The molecule has 0 saturated carbocycles. The van der Waals surface area contributed by atoms with Crippen LogP contribution < -0.4 is 0 Å². The van der Waals surface area contributed by atoms with E-state index in [4.69, 9.17) is 0 Å². The lowest BCUT2D eigenvalue weighted by Crippen LogP contribution is -1.99. The fourth-order valence-electron chi connectivity index (χ4n) is 1.01. The molecule has 0 heterocycles. The summed E-state index contributed by atoms with van der Waals surface area (Å²) in [5.74, 6) is 0. The Morgan fingerprint density at radius 2 is 2.20 bits per heavy atom. The molecule has 0 aromatic heterocycles. The highest BCUT2D eigenvalue weighted by Crippen LogP contribution is 2.18. The average Bonchev–Trinajstić information content (AvgIpc) is 1.98. The summed E-state index contributed by atoms with van der Waals surface area (Å²) >= 11 is 1.99. The van der Waals surface area contributed by atoms with Gasteiger partial charge in [-0.3, -0.25) is 0 Å². The monoisotopic (exact) mass is 158 g/mol. The molecule has 0 aliphatic rings. The zero-order valence-electron chi connectivity index (χ0n) is 7.10. The minimum Gasteiger partial charge on any atom is -0.162 e. The summed E-state index contributed by atoms with van der Waals surface area (Å²) < 4.78 is 0. The van der Waals surface area contributed by atoms with Crippen molar-refractivity contribution in [1.29, 1.82) is 0 Å². The fourth-order valence-corrected chi connectivity index (χ4v) is 1.85. The maximum atomic E-state index is 3.72. The van der Waals surface area contributed by atoms with E-state index in [2.05, 4.69) is 19.8 Å². The van der Waals surface area contributed by atoms with Crippen LogP contribution in [-0.2, 0) is 0 Å². The van der Waals surface area contributed by atoms with Crippen molar-refractivity contribution < 1.29 is 0 Å². The van der Waals surface area contributed by atoms with E-state index in [1.807, 2.05) is 17.8 Å². The average molecular weight is 158 g/mol. The Balaban J connectivity index is 3.29. The largest absolute Gasteiger partial charge is 0.162 e. The van der Waals surface area contributed by atoms with Crippen molar-refractivity contribution in [1.82, 2.24) is 0 Å². The number of thioether (sulfide) groups is 1. The Morgan fingerprint density at radius 3 is 2.60 bits per heavy atom. The molecule has 1 unspecified atom stereocenters. The van der Waals surface area contributed by atoms with Gasteiger partial charge in [0, 0.05) is 5.25 Å². The molecule has 0 aliphatic carbocycles. The van der Waals surface area contributed by atoms with Crippen molar-refractivity contribution in [3.05, 3.63) is 12.7 Å². The van der Waals surface area contributed by atoms with Crippen LogP contribution in [0.2, 0.25) is 0 Å². The Morgan fingerprint density at radius 1 is 1.50 bits per heavy atom. The molecule has 0 amide bonds. The molecule has 1 heteroatoms. The Labute approximate surface area is 69.1 Å². The lowest BCUT2D eigenvalue weighted by atomic mass is 10.1. The first kappa shape index (κ1) is 10.1. The number of hydrogen-bond donors (Lipinski definition) is 0. The molecule has 0 nitrogen and oxygen atoms in total. The second kappa shape index (κ2) is 7.20. The maximum Gasteiger partial charge on any atom is 0.00471 e. The predicted octanol–water partition coefficient (Wildman–Crippen LogP) is 3.48. The van der Waals surface area contributed by atoms with Gasteiger partial charge < -0.3 is 0 Å². The molecule has 0 aliphatic heterocycles. The maximum absolute atomic E-state index is 3.72. The summed E-state index contributed by atoms with van der Waals surface area (Å²) in [6.45, 7) is 5.96. The van der Waals surface area contributed by atoms with Crippen molar-refractivity contribution in [3.63, 3.8) is 0 Å². The lowest BCUT2D eigenvalue weighted by Gasteiger charge is -2.10. The minimum atomic E-state index is 0.864. The first-order chi connectivity index (χ1) is 4.85. The van der Waals surface area contributed by atoms with E-state index in [1.165, 1.54) is 25.7 Å². The van der Waals surface area contributed by atoms with Gasteiger partial charge in [0.25, 0.3) is 0 Å². The molecule has 0 fully saturated rings. The van der Waals surface area contributed by atoms with Gasteiger partial charge in [-0.05, 0) is 25.5 Å². The normalized spacial score (nSPS) is 13.0. The molecule has 1 atom stereocenters. The van der Waals surface area contributed by atoms with Crippen LogP contribution in [0.5, 0.6) is 0 Å². The summed E-state index contributed by atoms with van der Waals surface area (Å²) in [4.78, 5) is 0. The van der Waals surface area contributed by atoms with Gasteiger partial charge >= 0.3 is 0 Å². The van der Waals surface area contributed by atoms with Crippen molar-refractivity contribution in [2.45, 2.75) is 37.9 Å². The van der Waals surface area contributed by atoms with Crippen molar-refractivity contribution in [3.8, 4) is 0 Å². The second-order valence-corrected chi connectivity index (χ2v) is 3.65. The van der Waals surface area contributed by atoms with Crippen LogP contribution in [0.25, 0.3) is 0 Å². The van der Waals surface area contributed by atoms with Gasteiger partial charge in [-0.1, -0.05) is 19.4 Å². The van der Waals surface area contributed by atoms with Gasteiger partial charge in [-0.2, -0.15) is 11.8 Å². The quantitative estimate of drug-likeness (QED) is 0.533. The smallest absolute Gasteiger partial charge is 0.00471 e. The summed E-state index contributed by atoms with van der Waals surface area (Å²) in [5.41, 5.74) is 0. The summed E-state index contributed by atoms with van der Waals surface area (Å²) in [6.07, 6.45) is 9.35. The highest BCUT2D eigenvalue weighted by molar-refractivity contribution is 7.99. The Hall–Kier alpha value is 0.0900. The summed E-state index contributed by atoms with van der Waals surface area (Å²) in [6, 6.07) is 0. The number of rotatable bonds is 6. The molecule has 0 radical (unpaired) electrons. The van der Waals surface area contributed by atoms with Crippen LogP contribution >= 0.6 is 11.8 Å². The molecule has 0 rings (SSSR count). The third-order valence-electron chi connectivity index (χ3n) is 1.64. The van der Waals surface area contributed by atoms with E-state index in [9.17, 15) is 0 Å². The Bertz CT molecular complexity index is 78.8. The molecular weight excluding hydrogens is 140 g/mol. The van der Waals surface area contributed by atoms with Crippen LogP contribution in [0.3, 0.4) is 0 Å². The first-order valence-corrected chi connectivity index (χ1v) is 5.27. The van der Waals surface area contributed by atoms with E-state index in [-0.39, 0.29) is 0 Å². The third kappa shape index (κ3) is 4.92. The van der Waals surface area contributed by atoms with Crippen LogP contribution in [0.1, 0.15) is 32.6 Å². The molecule has 60 valence electrons. The van der Waals surface area contributed by atoms with E-state index in [0.717, 1.165) is 5.25 Å². The molecule has 0 N–H and O–H groups in total. The van der Waals surface area contributed by atoms with E-state index in [1.54, 1.807) is 0 Å². The highest BCUT2D eigenvalue weighted by atomic mass is 32.2. The van der Waals surface area contributed by atoms with Gasteiger partial charge in [-0.25, -0.2) is 0 Å². The van der Waals surface area contributed by atoms with Crippen LogP contribution in [-0.4, -0.2) is 11.5 Å². The summed E-state index contributed by atoms with van der Waals surface area (Å²) in [5, 5.41) is 0.864. The zero-order chi connectivity index (χ0) is 7.82. The van der Waals surface area contributed by atoms with E-state index in [0.29, 0.717) is 0 Å². The molecule has 0 bridgehead atoms. The molecular formula is C9H18S. The first-order valence-electron chi connectivity index (χ1n) is 3.98. The predicted molar refractivity (Wildman–Crippen MR) is 51.6 cm³/mol. The standard InChI is InChI=1S/C9H18S/c1-4-6-8-9(10-3)7-5-2/h4,9H,1,5-8H2,2-3H3. The van der Waals surface area contributed by atoms with E-state index < -0.39 is 0 Å². The third-order valence-corrected chi connectivity index (χ3v) is 2.77. The highest BCUT2D eigenvalue weighted by Gasteiger charge is 2.02. The SMILES string of the molecule is C=CCCC(CCC)SC. The van der Waals surface area contributed by atoms with Gasteiger partial charge in [0.2, 0.25) is 0 Å². The Kier molecular flexibility index (Phi) is 7.26. The fraction of sp³-hybridized carbons (Fsp3) is 0.778. The zero-order valence-corrected chi connectivity index (χ0v) is 7.91. The molecule has 0 aromatic rings. The topological polar surface area (TPSA) is 0 Å². The lowest BCUT2D eigenvalue weighted by molar-refractivity contribution is 0.693. The second-order valence-electron chi connectivity index (χ2n) is 2.51. The van der Waals surface area contributed by atoms with Crippen LogP contribution in [0.15, 0.2) is 12.7 Å². The molecule has 10 heavy (non-hydrogen) atoms. The van der Waals surface area contributed by atoms with Crippen molar-refractivity contribution in [2.75, 3.05) is 6.26 Å². The van der Waals surface area contributed by atoms with Crippen LogP contribution in [0.4, 0.5) is 0 Å². The molecule has 0 aromatic carbocycles. The van der Waals surface area contributed by atoms with Gasteiger partial charge in [0.15, 0.2) is 0 Å². The van der Waals surface area contributed by atoms with Crippen molar-refractivity contribution >= 4 is 11.8 Å². The van der Waals surface area contributed by atoms with Crippen LogP contribution in [0, 0.1) is 0 Å². The number of allylic oxidation sites excluding steroid dienone is 1. The molecule has 0 spiro atoms. The number of hydrogen-bond acceptors (Lipinski definition) is 1. The van der Waals surface area contributed by atoms with Gasteiger partial charge in [0.05, 0.1) is 0 Å². The van der Waals surface area contributed by atoms with E-state index >= 15 is 0 Å². The van der Waals surface area contributed by atoms with Gasteiger partial charge in [-0.15, -0.1) is 6.58 Å². The summed E-state index contributed by atoms with van der Waals surface area (Å²) in [7, 11) is 0. The minimum absolute atomic E-state index is 0.864. The van der Waals surface area contributed by atoms with Gasteiger partial charge in [0.1, 0.15) is 0 Å². The molecule has 0 saturated heterocycles.